The predicted octanol–water partition coefficient (Wildman–Crippen LogP) is 3.61. The highest BCUT2D eigenvalue weighted by Crippen LogP contribution is 2.29. The van der Waals surface area contributed by atoms with Crippen molar-refractivity contribution in [2.45, 2.75) is 6.92 Å². The van der Waals surface area contributed by atoms with Crippen molar-refractivity contribution in [2.24, 2.45) is 0 Å². The second-order valence-electron chi connectivity index (χ2n) is 3.38. The molecule has 0 aromatic heterocycles. The van der Waals surface area contributed by atoms with Gasteiger partial charge < -0.3 is 5.11 Å². The first kappa shape index (κ1) is 10.2. The number of carboxylic acid groups (broad SMARTS) is 1. The molecular weight excluding hydrogens is 256 g/mol. The third-order valence-electron chi connectivity index (χ3n) is 2.49. The molecule has 0 aliphatic rings. The number of benzene rings is 2. The molecule has 0 radical (unpaired) electrons. The first-order valence-electron chi connectivity index (χ1n) is 4.52. The minimum Gasteiger partial charge on any atom is -0.478 e. The molecule has 2 aromatic carbocycles. The largest absolute Gasteiger partial charge is 0.478 e. The highest BCUT2D eigenvalue weighted by molar-refractivity contribution is 9.10. The molecule has 1 N–H and O–H groups in total. The second kappa shape index (κ2) is 3.66. The van der Waals surface area contributed by atoms with Crippen molar-refractivity contribution in [1.29, 1.82) is 0 Å². The van der Waals surface area contributed by atoms with Crippen LogP contribution in [0.1, 0.15) is 15.9 Å². The van der Waals surface area contributed by atoms with Gasteiger partial charge in [0.15, 0.2) is 0 Å². The third-order valence-corrected chi connectivity index (χ3v) is 3.15. The molecule has 0 fully saturated rings. The van der Waals surface area contributed by atoms with Crippen molar-refractivity contribution in [3.63, 3.8) is 0 Å². The Morgan fingerprint density at radius 3 is 2.47 bits per heavy atom. The van der Waals surface area contributed by atoms with E-state index in [0.29, 0.717) is 5.56 Å². The minimum absolute atomic E-state index is 0.348. The number of carbonyl (C=O) groups is 1. The molecule has 0 saturated heterocycles. The van der Waals surface area contributed by atoms with Gasteiger partial charge in [0, 0.05) is 4.47 Å². The van der Waals surface area contributed by atoms with Crippen LogP contribution in [-0.4, -0.2) is 11.1 Å². The Morgan fingerprint density at radius 1 is 1.27 bits per heavy atom. The lowest BCUT2D eigenvalue weighted by Crippen LogP contribution is -2.00. The Labute approximate surface area is 95.7 Å². The Hall–Kier alpha value is -1.35. The van der Waals surface area contributed by atoms with E-state index >= 15 is 0 Å². The summed E-state index contributed by atoms with van der Waals surface area (Å²) in [5, 5.41) is 11.0. The Kier molecular flexibility index (Phi) is 2.49. The van der Waals surface area contributed by atoms with Gasteiger partial charge in [-0.3, -0.25) is 0 Å². The summed E-state index contributed by atoms with van der Waals surface area (Å²) in [7, 11) is 0. The maximum absolute atomic E-state index is 11.0. The number of rotatable bonds is 1. The molecule has 2 aromatic rings. The molecule has 0 spiro atoms. The molecule has 15 heavy (non-hydrogen) atoms. The van der Waals surface area contributed by atoms with Crippen LogP contribution in [-0.2, 0) is 0 Å². The van der Waals surface area contributed by atoms with E-state index in [1.165, 1.54) is 0 Å². The fraction of sp³-hybridized carbons (Fsp3) is 0.0833. The minimum atomic E-state index is -0.890. The molecule has 0 bridgehead atoms. The molecule has 0 heterocycles. The van der Waals surface area contributed by atoms with Gasteiger partial charge in [-0.1, -0.05) is 40.2 Å². The van der Waals surface area contributed by atoms with E-state index < -0.39 is 5.97 Å². The van der Waals surface area contributed by atoms with Crippen LogP contribution in [0, 0.1) is 6.92 Å². The van der Waals surface area contributed by atoms with E-state index in [4.69, 9.17) is 5.11 Å². The summed E-state index contributed by atoms with van der Waals surface area (Å²) in [6.07, 6.45) is 0. The summed E-state index contributed by atoms with van der Waals surface area (Å²) in [6.45, 7) is 1.83. The quantitative estimate of drug-likeness (QED) is 0.855. The summed E-state index contributed by atoms with van der Waals surface area (Å²) in [5.74, 6) is -0.890. The Bertz CT molecular complexity index is 547. The fourth-order valence-corrected chi connectivity index (χ4v) is 2.27. The van der Waals surface area contributed by atoms with E-state index in [9.17, 15) is 4.79 Å². The van der Waals surface area contributed by atoms with E-state index in [1.54, 1.807) is 6.07 Å². The summed E-state index contributed by atoms with van der Waals surface area (Å²) >= 11 is 3.39. The van der Waals surface area contributed by atoms with E-state index in [0.717, 1.165) is 20.8 Å². The van der Waals surface area contributed by atoms with Gasteiger partial charge in [0.05, 0.1) is 5.56 Å². The number of hydrogen-bond donors (Lipinski definition) is 1. The molecule has 76 valence electrons. The van der Waals surface area contributed by atoms with Crippen molar-refractivity contribution in [1.82, 2.24) is 0 Å². The summed E-state index contributed by atoms with van der Waals surface area (Å²) in [4.78, 5) is 11.0. The van der Waals surface area contributed by atoms with Gasteiger partial charge in [-0.05, 0) is 29.3 Å². The van der Waals surface area contributed by atoms with Crippen LogP contribution in [0.4, 0.5) is 0 Å². The Balaban J connectivity index is 2.90. The van der Waals surface area contributed by atoms with Gasteiger partial charge in [0.25, 0.3) is 0 Å². The number of halogens is 1. The zero-order valence-electron chi connectivity index (χ0n) is 8.12. The number of fused-ring (bicyclic) bond motifs is 1. The van der Waals surface area contributed by atoms with Crippen LogP contribution < -0.4 is 0 Å². The first-order chi connectivity index (χ1) is 7.11. The topological polar surface area (TPSA) is 37.3 Å². The lowest BCUT2D eigenvalue weighted by Gasteiger charge is -2.07. The van der Waals surface area contributed by atoms with Gasteiger partial charge in [-0.2, -0.15) is 0 Å². The summed E-state index contributed by atoms with van der Waals surface area (Å²) in [5.41, 5.74) is 1.15. The van der Waals surface area contributed by atoms with Crippen LogP contribution in [0.3, 0.4) is 0 Å². The highest BCUT2D eigenvalue weighted by atomic mass is 79.9. The van der Waals surface area contributed by atoms with Crippen LogP contribution in [0.15, 0.2) is 34.8 Å². The lowest BCUT2D eigenvalue weighted by molar-refractivity contribution is 0.0696. The molecule has 0 atom stereocenters. The molecule has 0 saturated carbocycles. The number of aryl methyl sites for hydroxylation is 1. The monoisotopic (exact) mass is 264 g/mol. The van der Waals surface area contributed by atoms with Crippen molar-refractivity contribution in [3.8, 4) is 0 Å². The van der Waals surface area contributed by atoms with E-state index in [2.05, 4.69) is 15.9 Å². The van der Waals surface area contributed by atoms with Crippen molar-refractivity contribution >= 4 is 32.7 Å². The van der Waals surface area contributed by atoms with Crippen LogP contribution in [0.2, 0.25) is 0 Å². The van der Waals surface area contributed by atoms with E-state index in [-0.39, 0.29) is 0 Å². The average Bonchev–Trinajstić information content (AvgIpc) is 2.23. The van der Waals surface area contributed by atoms with Gasteiger partial charge >= 0.3 is 5.97 Å². The molecule has 3 heteroatoms. The standard InChI is InChI=1S/C12H9BrO2/c1-7-8-4-2-3-5-9(8)11(13)6-10(7)12(14)15/h2-6H,1H3,(H,14,15). The molecule has 0 amide bonds. The normalized spacial score (nSPS) is 10.5. The molecule has 2 rings (SSSR count). The zero-order chi connectivity index (χ0) is 11.0. The molecule has 0 unspecified atom stereocenters. The van der Waals surface area contributed by atoms with Gasteiger partial charge in [0.1, 0.15) is 0 Å². The first-order valence-corrected chi connectivity index (χ1v) is 5.31. The zero-order valence-corrected chi connectivity index (χ0v) is 9.71. The lowest BCUT2D eigenvalue weighted by atomic mass is 10.0. The predicted molar refractivity (Wildman–Crippen MR) is 63.3 cm³/mol. The smallest absolute Gasteiger partial charge is 0.336 e. The van der Waals surface area contributed by atoms with Crippen LogP contribution >= 0.6 is 15.9 Å². The van der Waals surface area contributed by atoms with Gasteiger partial charge in [-0.25, -0.2) is 4.79 Å². The van der Waals surface area contributed by atoms with Crippen molar-refractivity contribution < 1.29 is 9.90 Å². The van der Waals surface area contributed by atoms with Gasteiger partial charge in [0.2, 0.25) is 0 Å². The van der Waals surface area contributed by atoms with Crippen molar-refractivity contribution in [3.05, 3.63) is 45.9 Å². The van der Waals surface area contributed by atoms with Crippen LogP contribution in [0.25, 0.3) is 10.8 Å². The number of carboxylic acids is 1. The highest BCUT2D eigenvalue weighted by Gasteiger charge is 2.11. The van der Waals surface area contributed by atoms with Crippen molar-refractivity contribution in [2.75, 3.05) is 0 Å². The maximum atomic E-state index is 11.0. The third kappa shape index (κ3) is 1.63. The summed E-state index contributed by atoms with van der Waals surface area (Å²) in [6, 6.07) is 9.40. The van der Waals surface area contributed by atoms with Crippen LogP contribution in [0.5, 0.6) is 0 Å². The average molecular weight is 265 g/mol. The van der Waals surface area contributed by atoms with Gasteiger partial charge in [-0.15, -0.1) is 0 Å². The fourth-order valence-electron chi connectivity index (χ4n) is 1.70. The molecule has 0 aliphatic heterocycles. The second-order valence-corrected chi connectivity index (χ2v) is 4.24. The Morgan fingerprint density at radius 2 is 1.87 bits per heavy atom. The SMILES string of the molecule is Cc1c(C(=O)O)cc(Br)c2ccccc12. The number of hydrogen-bond acceptors (Lipinski definition) is 1. The number of aromatic carboxylic acids is 1. The molecular formula is C12H9BrO2. The van der Waals surface area contributed by atoms with E-state index in [1.807, 2.05) is 31.2 Å². The maximum Gasteiger partial charge on any atom is 0.336 e. The molecule has 2 nitrogen and oxygen atoms in total. The summed E-state index contributed by atoms with van der Waals surface area (Å²) < 4.78 is 0.820. The molecule has 0 aliphatic carbocycles.